The maximum Gasteiger partial charge on any atom is 0.323 e. The highest BCUT2D eigenvalue weighted by atomic mass is 32.2. The highest BCUT2D eigenvalue weighted by Gasteiger charge is 2.28. The zero-order valence-corrected chi connectivity index (χ0v) is 9.76. The smallest absolute Gasteiger partial charge is 0.268 e. The zero-order valence-electron chi connectivity index (χ0n) is 8.94. The van der Waals surface area contributed by atoms with E-state index >= 15 is 0 Å². The van der Waals surface area contributed by atoms with Gasteiger partial charge in [0.25, 0.3) is 5.91 Å². The van der Waals surface area contributed by atoms with Crippen LogP contribution in [0.15, 0.2) is 18.2 Å². The molecular weight excluding hydrogens is 228 g/mol. The lowest BCUT2D eigenvalue weighted by atomic mass is 9.95. The fourth-order valence-corrected chi connectivity index (χ4v) is 2.59. The van der Waals surface area contributed by atoms with Crippen LogP contribution < -0.4 is 9.44 Å². The summed E-state index contributed by atoms with van der Waals surface area (Å²) < 4.78 is 26.8. The number of carbonyl (C=O) groups is 1. The highest BCUT2D eigenvalue weighted by Crippen LogP contribution is 2.28. The third-order valence-electron chi connectivity index (χ3n) is 2.42. The lowest BCUT2D eigenvalue weighted by molar-refractivity contribution is 0.0979. The quantitative estimate of drug-likeness (QED) is 0.774. The fraction of sp³-hybridized carbons (Fsp3) is 0.300. The number of rotatable bonds is 1. The predicted molar refractivity (Wildman–Crippen MR) is 60.5 cm³/mol. The van der Waals surface area contributed by atoms with Gasteiger partial charge in [0, 0.05) is 0 Å². The van der Waals surface area contributed by atoms with E-state index < -0.39 is 16.1 Å². The predicted octanol–water partition coefficient (Wildman–Crippen LogP) is 1.21. The van der Waals surface area contributed by atoms with E-state index in [1.54, 1.807) is 12.1 Å². The third-order valence-corrected chi connectivity index (χ3v) is 3.36. The Morgan fingerprint density at radius 1 is 1.19 bits per heavy atom. The number of anilines is 1. The van der Waals surface area contributed by atoms with Gasteiger partial charge in [-0.1, -0.05) is 26.0 Å². The van der Waals surface area contributed by atoms with Crippen molar-refractivity contribution >= 4 is 21.8 Å². The first-order valence-electron chi connectivity index (χ1n) is 4.88. The first-order chi connectivity index (χ1) is 7.41. The second-order valence-corrected chi connectivity index (χ2v) is 5.38. The Morgan fingerprint density at radius 3 is 2.50 bits per heavy atom. The molecule has 6 heteroatoms. The Morgan fingerprint density at radius 2 is 1.88 bits per heavy atom. The second-order valence-electron chi connectivity index (χ2n) is 3.96. The lowest BCUT2D eigenvalue weighted by Gasteiger charge is -2.22. The van der Waals surface area contributed by atoms with Crippen LogP contribution in [0.1, 0.15) is 35.7 Å². The van der Waals surface area contributed by atoms with Gasteiger partial charge in [0.1, 0.15) is 0 Å². The molecule has 2 N–H and O–H groups in total. The van der Waals surface area contributed by atoms with E-state index in [9.17, 15) is 13.2 Å². The molecule has 0 atom stereocenters. The number of carbonyl (C=O) groups excluding carboxylic acids is 1. The summed E-state index contributed by atoms with van der Waals surface area (Å²) in [6, 6.07) is 5.13. The van der Waals surface area contributed by atoms with Crippen LogP contribution in [-0.4, -0.2) is 14.3 Å². The zero-order chi connectivity index (χ0) is 11.9. The van der Waals surface area contributed by atoms with Gasteiger partial charge < -0.3 is 0 Å². The van der Waals surface area contributed by atoms with Crippen LogP contribution in [0.2, 0.25) is 0 Å². The number of amides is 1. The van der Waals surface area contributed by atoms with Crippen molar-refractivity contribution < 1.29 is 13.2 Å². The molecule has 0 saturated heterocycles. The Labute approximate surface area is 94.0 Å². The van der Waals surface area contributed by atoms with Gasteiger partial charge in [-0.25, -0.2) is 4.72 Å². The summed E-state index contributed by atoms with van der Waals surface area (Å²) in [5, 5.41) is 0. The van der Waals surface area contributed by atoms with E-state index in [1.165, 1.54) is 0 Å². The Hall–Kier alpha value is -1.56. The van der Waals surface area contributed by atoms with Gasteiger partial charge in [-0.3, -0.25) is 9.52 Å². The molecule has 5 nitrogen and oxygen atoms in total. The molecule has 0 aliphatic carbocycles. The number of benzene rings is 1. The summed E-state index contributed by atoms with van der Waals surface area (Å²) in [6.45, 7) is 3.90. The molecule has 1 aromatic carbocycles. The summed E-state index contributed by atoms with van der Waals surface area (Å²) >= 11 is 0. The summed E-state index contributed by atoms with van der Waals surface area (Å²) in [6.07, 6.45) is 0. The molecule has 86 valence electrons. The standard InChI is InChI=1S/C10H12N2O3S/c1-6(2)7-4-3-5-8-9(7)10(13)12-16(14,15)11-8/h3-6,11H,1-2H3,(H,12,13). The second kappa shape index (κ2) is 3.48. The van der Waals surface area contributed by atoms with Crippen molar-refractivity contribution in [2.24, 2.45) is 0 Å². The third kappa shape index (κ3) is 1.76. The summed E-state index contributed by atoms with van der Waals surface area (Å²) in [7, 11) is -3.74. The molecule has 0 saturated carbocycles. The first-order valence-corrected chi connectivity index (χ1v) is 6.37. The molecular formula is C10H12N2O3S. The molecule has 1 aliphatic rings. The molecule has 0 unspecified atom stereocenters. The summed E-state index contributed by atoms with van der Waals surface area (Å²) in [4.78, 5) is 11.7. The van der Waals surface area contributed by atoms with Crippen molar-refractivity contribution in [3.63, 3.8) is 0 Å². The molecule has 16 heavy (non-hydrogen) atoms. The molecule has 1 heterocycles. The number of nitrogens with one attached hydrogen (secondary N) is 2. The van der Waals surface area contributed by atoms with Gasteiger partial charge in [0.2, 0.25) is 0 Å². The average Bonchev–Trinajstić information content (AvgIpc) is 2.14. The average molecular weight is 240 g/mol. The van der Waals surface area contributed by atoms with E-state index in [4.69, 9.17) is 0 Å². The molecule has 1 aromatic rings. The minimum absolute atomic E-state index is 0.156. The van der Waals surface area contributed by atoms with Gasteiger partial charge in [-0.15, -0.1) is 0 Å². The molecule has 0 aromatic heterocycles. The summed E-state index contributed by atoms with van der Waals surface area (Å²) in [5.74, 6) is -0.415. The monoisotopic (exact) mass is 240 g/mol. The van der Waals surface area contributed by atoms with Crippen LogP contribution in [0.3, 0.4) is 0 Å². The fourth-order valence-electron chi connectivity index (χ4n) is 1.73. The Balaban J connectivity index is 2.65. The van der Waals surface area contributed by atoms with Gasteiger partial charge in [0.05, 0.1) is 11.3 Å². The minimum Gasteiger partial charge on any atom is -0.268 e. The van der Waals surface area contributed by atoms with Gasteiger partial charge >= 0.3 is 10.2 Å². The molecule has 0 bridgehead atoms. The van der Waals surface area contributed by atoms with Crippen molar-refractivity contribution in [3.05, 3.63) is 29.3 Å². The van der Waals surface area contributed by atoms with E-state index in [2.05, 4.69) is 4.72 Å². The number of hydrogen-bond donors (Lipinski definition) is 2. The normalized spacial score (nSPS) is 17.6. The molecule has 1 amide bonds. The van der Waals surface area contributed by atoms with Gasteiger partial charge in [0.15, 0.2) is 0 Å². The van der Waals surface area contributed by atoms with Crippen LogP contribution in [0.5, 0.6) is 0 Å². The van der Waals surface area contributed by atoms with Crippen LogP contribution in [0, 0.1) is 0 Å². The van der Waals surface area contributed by atoms with E-state index in [0.717, 1.165) is 5.56 Å². The molecule has 0 spiro atoms. The van der Waals surface area contributed by atoms with E-state index in [-0.39, 0.29) is 5.92 Å². The van der Waals surface area contributed by atoms with E-state index in [0.29, 0.717) is 11.3 Å². The Bertz CT molecular complexity index is 549. The van der Waals surface area contributed by atoms with Gasteiger partial charge in [-0.05, 0) is 17.5 Å². The van der Waals surface area contributed by atoms with Crippen molar-refractivity contribution in [1.29, 1.82) is 0 Å². The van der Waals surface area contributed by atoms with Crippen LogP contribution in [-0.2, 0) is 10.2 Å². The number of fused-ring (bicyclic) bond motifs is 1. The van der Waals surface area contributed by atoms with Crippen molar-refractivity contribution in [1.82, 2.24) is 4.72 Å². The molecule has 0 radical (unpaired) electrons. The van der Waals surface area contributed by atoms with Crippen molar-refractivity contribution in [2.45, 2.75) is 19.8 Å². The van der Waals surface area contributed by atoms with Gasteiger partial charge in [-0.2, -0.15) is 8.42 Å². The summed E-state index contributed by atoms with van der Waals surface area (Å²) in [5.41, 5.74) is 1.58. The van der Waals surface area contributed by atoms with E-state index in [1.807, 2.05) is 24.6 Å². The van der Waals surface area contributed by atoms with Crippen molar-refractivity contribution in [2.75, 3.05) is 4.72 Å². The maximum absolute atomic E-state index is 11.7. The topological polar surface area (TPSA) is 75.3 Å². The lowest BCUT2D eigenvalue weighted by Crippen LogP contribution is -2.40. The molecule has 1 aliphatic heterocycles. The number of hydrogen-bond acceptors (Lipinski definition) is 3. The maximum atomic E-state index is 11.7. The first kappa shape index (κ1) is 10.9. The molecule has 2 rings (SSSR count). The largest absolute Gasteiger partial charge is 0.323 e. The van der Waals surface area contributed by atoms with Crippen LogP contribution in [0.4, 0.5) is 5.69 Å². The Kier molecular flexibility index (Phi) is 2.38. The van der Waals surface area contributed by atoms with Crippen molar-refractivity contribution in [3.8, 4) is 0 Å². The SMILES string of the molecule is CC(C)c1cccc2c1C(=O)NS(=O)(=O)N2. The highest BCUT2D eigenvalue weighted by molar-refractivity contribution is 7.91. The van der Waals surface area contributed by atoms with Crippen LogP contribution >= 0.6 is 0 Å². The minimum atomic E-state index is -3.74. The van der Waals surface area contributed by atoms with Crippen LogP contribution in [0.25, 0.3) is 0 Å². The molecule has 0 fully saturated rings.